The van der Waals surface area contributed by atoms with Crippen molar-refractivity contribution in [2.24, 2.45) is 5.92 Å². The van der Waals surface area contributed by atoms with Crippen LogP contribution in [0, 0.1) is 5.92 Å². The molecule has 2 nitrogen and oxygen atoms in total. The highest BCUT2D eigenvalue weighted by Gasteiger charge is 2.49. The first-order valence-electron chi connectivity index (χ1n) is 16.2. The van der Waals surface area contributed by atoms with Gasteiger partial charge in [0.25, 0.3) is 0 Å². The summed E-state index contributed by atoms with van der Waals surface area (Å²) in [5.74, 6) is 0.629. The van der Waals surface area contributed by atoms with Gasteiger partial charge >= 0.3 is 0 Å². The fourth-order valence-electron chi connectivity index (χ4n) is 7.84. The molecule has 0 amide bonds. The molecule has 0 heterocycles. The zero-order chi connectivity index (χ0) is 30.4. The smallest absolute Gasteiger partial charge is 0.0497 e. The molecule has 8 rings (SSSR count). The van der Waals surface area contributed by atoms with Crippen molar-refractivity contribution in [1.29, 1.82) is 0 Å². The van der Waals surface area contributed by atoms with Crippen molar-refractivity contribution >= 4 is 28.4 Å². The van der Waals surface area contributed by atoms with Gasteiger partial charge in [0.2, 0.25) is 0 Å². The van der Waals surface area contributed by atoms with Gasteiger partial charge in [-0.3, -0.25) is 0 Å². The van der Waals surface area contributed by atoms with Gasteiger partial charge in [0.15, 0.2) is 0 Å². The third kappa shape index (κ3) is 4.64. The predicted octanol–water partition coefficient (Wildman–Crippen LogP) is 11.3. The molecule has 45 heavy (non-hydrogen) atoms. The molecule has 2 atom stereocenters. The van der Waals surface area contributed by atoms with Crippen LogP contribution in [0.1, 0.15) is 54.9 Å². The fourth-order valence-corrected chi connectivity index (χ4v) is 7.84. The van der Waals surface area contributed by atoms with Gasteiger partial charge < -0.3 is 9.80 Å². The van der Waals surface area contributed by atoms with Crippen molar-refractivity contribution in [3.05, 3.63) is 186 Å². The molecule has 0 bridgehead atoms. The van der Waals surface area contributed by atoms with Crippen LogP contribution in [-0.2, 0) is 5.41 Å². The Morgan fingerprint density at radius 3 is 1.82 bits per heavy atom. The third-order valence-electron chi connectivity index (χ3n) is 9.99. The molecule has 0 saturated carbocycles. The van der Waals surface area contributed by atoms with Crippen LogP contribution in [0.2, 0.25) is 0 Å². The first-order valence-corrected chi connectivity index (χ1v) is 16.2. The van der Waals surface area contributed by atoms with Crippen molar-refractivity contribution in [3.63, 3.8) is 0 Å². The molecule has 5 aromatic carbocycles. The van der Waals surface area contributed by atoms with Crippen molar-refractivity contribution in [1.82, 2.24) is 0 Å². The Morgan fingerprint density at radius 1 is 0.600 bits per heavy atom. The van der Waals surface area contributed by atoms with E-state index in [-0.39, 0.29) is 5.41 Å². The Kier molecular flexibility index (Phi) is 6.79. The molecular weight excluding hydrogens is 544 g/mol. The maximum atomic E-state index is 2.60. The van der Waals surface area contributed by atoms with Crippen LogP contribution < -0.4 is 9.80 Å². The number of hydrogen-bond acceptors (Lipinski definition) is 2. The van der Waals surface area contributed by atoms with E-state index in [9.17, 15) is 0 Å². The minimum Gasteiger partial charge on any atom is -0.314 e. The SMILES string of the molecule is CC1(C)c2cc(N(c3ccccc3)c3ccccc3)ccc2C2c3ccccc3C(N(C3=CC=CCC3)c3ccccc3)=CC21. The summed E-state index contributed by atoms with van der Waals surface area (Å²) in [7, 11) is 0. The summed E-state index contributed by atoms with van der Waals surface area (Å²) in [6.07, 6.45) is 11.5. The second kappa shape index (κ2) is 11.1. The van der Waals surface area contributed by atoms with Crippen LogP contribution in [0.15, 0.2) is 163 Å². The minimum atomic E-state index is -0.0724. The van der Waals surface area contributed by atoms with E-state index in [1.54, 1.807) is 0 Å². The molecule has 220 valence electrons. The van der Waals surface area contributed by atoms with Gasteiger partial charge in [-0.1, -0.05) is 117 Å². The van der Waals surface area contributed by atoms with E-state index in [0.29, 0.717) is 11.8 Å². The number of nitrogens with zero attached hydrogens (tertiary/aromatic N) is 2. The molecule has 0 saturated heterocycles. The highest BCUT2D eigenvalue weighted by molar-refractivity contribution is 5.87. The Bertz CT molecular complexity index is 1890. The summed E-state index contributed by atoms with van der Waals surface area (Å²) < 4.78 is 0. The number of allylic oxidation sites excluding steroid dienone is 5. The van der Waals surface area contributed by atoms with E-state index >= 15 is 0 Å². The number of para-hydroxylation sites is 3. The molecular formula is C43H38N2. The van der Waals surface area contributed by atoms with Gasteiger partial charge in [0, 0.05) is 45.6 Å². The second-order valence-electron chi connectivity index (χ2n) is 12.9. The lowest BCUT2D eigenvalue weighted by atomic mass is 9.70. The van der Waals surface area contributed by atoms with Gasteiger partial charge in [0.1, 0.15) is 0 Å². The Hall–Kier alpha value is -5.08. The average molecular weight is 583 g/mol. The zero-order valence-electron chi connectivity index (χ0n) is 26.0. The summed E-state index contributed by atoms with van der Waals surface area (Å²) in [4.78, 5) is 4.91. The summed E-state index contributed by atoms with van der Waals surface area (Å²) >= 11 is 0. The van der Waals surface area contributed by atoms with E-state index in [1.165, 1.54) is 45.0 Å². The van der Waals surface area contributed by atoms with Gasteiger partial charge in [-0.25, -0.2) is 0 Å². The molecule has 5 aromatic rings. The minimum absolute atomic E-state index is 0.0724. The molecule has 2 unspecified atom stereocenters. The van der Waals surface area contributed by atoms with Crippen LogP contribution in [0.4, 0.5) is 22.7 Å². The second-order valence-corrected chi connectivity index (χ2v) is 12.9. The Morgan fingerprint density at radius 2 is 1.20 bits per heavy atom. The predicted molar refractivity (Wildman–Crippen MR) is 189 cm³/mol. The Labute approximate surface area is 267 Å². The maximum absolute atomic E-state index is 2.60. The van der Waals surface area contributed by atoms with Crippen LogP contribution in [0.25, 0.3) is 5.70 Å². The van der Waals surface area contributed by atoms with Crippen LogP contribution in [-0.4, -0.2) is 0 Å². The van der Waals surface area contributed by atoms with Crippen molar-refractivity contribution in [2.75, 3.05) is 9.80 Å². The first kappa shape index (κ1) is 27.5. The Balaban J connectivity index is 1.29. The van der Waals surface area contributed by atoms with E-state index in [2.05, 4.69) is 181 Å². The maximum Gasteiger partial charge on any atom is 0.0497 e. The van der Waals surface area contributed by atoms with Crippen LogP contribution >= 0.6 is 0 Å². The standard InChI is InChI=1S/C43H38N2/c1-43(2)39-29-35(44(31-17-7-3-8-18-31)32-19-9-4-10-20-32)27-28-38(39)42-37-26-16-15-25-36(37)41(30-40(42)43)45(33-21-11-5-12-22-33)34-23-13-6-14-24-34/h3-13,15-23,25-30,40,42H,14,24H2,1-2H3. The van der Waals surface area contributed by atoms with Gasteiger partial charge in [-0.15, -0.1) is 0 Å². The van der Waals surface area contributed by atoms with E-state index in [1.807, 2.05) is 0 Å². The van der Waals surface area contributed by atoms with Gasteiger partial charge in [-0.05, 0) is 95.5 Å². The molecule has 0 fully saturated rings. The summed E-state index contributed by atoms with van der Waals surface area (Å²) in [6, 6.07) is 48.7. The number of benzene rings is 5. The van der Waals surface area contributed by atoms with Crippen LogP contribution in [0.5, 0.6) is 0 Å². The molecule has 0 aliphatic heterocycles. The largest absolute Gasteiger partial charge is 0.314 e. The lowest BCUT2D eigenvalue weighted by Crippen LogP contribution is -2.31. The summed E-state index contributed by atoms with van der Waals surface area (Å²) in [5, 5.41) is 0. The molecule has 3 aliphatic rings. The molecule has 0 radical (unpaired) electrons. The average Bonchev–Trinajstić information content (AvgIpc) is 3.32. The highest BCUT2D eigenvalue weighted by Crippen LogP contribution is 2.59. The normalized spacial score (nSPS) is 19.1. The van der Waals surface area contributed by atoms with Gasteiger partial charge in [0.05, 0.1) is 0 Å². The van der Waals surface area contributed by atoms with Crippen LogP contribution in [0.3, 0.4) is 0 Å². The highest BCUT2D eigenvalue weighted by atomic mass is 15.2. The number of anilines is 4. The number of fused-ring (bicyclic) bond motifs is 5. The fraction of sp³-hybridized carbons (Fsp3) is 0.163. The van der Waals surface area contributed by atoms with E-state index in [0.717, 1.165) is 24.2 Å². The molecule has 0 spiro atoms. The molecule has 0 N–H and O–H groups in total. The summed E-state index contributed by atoms with van der Waals surface area (Å²) in [5.41, 5.74) is 13.0. The summed E-state index contributed by atoms with van der Waals surface area (Å²) in [6.45, 7) is 4.90. The zero-order valence-corrected chi connectivity index (χ0v) is 26.0. The van der Waals surface area contributed by atoms with Crippen molar-refractivity contribution < 1.29 is 0 Å². The quantitative estimate of drug-likeness (QED) is 0.196. The van der Waals surface area contributed by atoms with E-state index < -0.39 is 0 Å². The topological polar surface area (TPSA) is 6.48 Å². The molecule has 2 heteroatoms. The number of rotatable bonds is 6. The lowest BCUT2D eigenvalue weighted by Gasteiger charge is -2.39. The third-order valence-corrected chi connectivity index (χ3v) is 9.99. The van der Waals surface area contributed by atoms with Crippen molar-refractivity contribution in [2.45, 2.75) is 38.0 Å². The lowest BCUT2D eigenvalue weighted by molar-refractivity contribution is 0.389. The van der Waals surface area contributed by atoms with Gasteiger partial charge in [-0.2, -0.15) is 0 Å². The monoisotopic (exact) mass is 582 g/mol. The van der Waals surface area contributed by atoms with E-state index in [4.69, 9.17) is 0 Å². The van der Waals surface area contributed by atoms with Crippen molar-refractivity contribution in [3.8, 4) is 0 Å². The number of hydrogen-bond donors (Lipinski definition) is 0. The molecule has 3 aliphatic carbocycles. The molecule has 0 aromatic heterocycles. The first-order chi connectivity index (χ1) is 22.1.